The fraction of sp³-hybridized carbons (Fsp3) is 0.333. The molecule has 0 aliphatic heterocycles. The number of aromatic nitrogens is 2. The van der Waals surface area contributed by atoms with Crippen molar-refractivity contribution >= 4 is 11.8 Å². The summed E-state index contributed by atoms with van der Waals surface area (Å²) >= 11 is 0. The number of carbonyl (C=O) groups excluding carboxylic acids is 1. The molecule has 0 radical (unpaired) electrons. The molecule has 1 aromatic heterocycles. The lowest BCUT2D eigenvalue weighted by Gasteiger charge is -2.18. The third kappa shape index (κ3) is 3.39. The normalized spacial score (nSPS) is 10.5. The Morgan fingerprint density at radius 1 is 1.29 bits per heavy atom. The van der Waals surface area contributed by atoms with Crippen LogP contribution in [0.3, 0.4) is 0 Å². The number of hydrogen-bond donors (Lipinski definition) is 1. The number of urea groups is 1. The highest BCUT2D eigenvalue weighted by Gasteiger charge is 2.13. The van der Waals surface area contributed by atoms with E-state index in [1.54, 1.807) is 27.8 Å². The molecule has 5 nitrogen and oxygen atoms in total. The molecule has 0 aliphatic rings. The Labute approximate surface area is 123 Å². The zero-order chi connectivity index (χ0) is 15.4. The smallest absolute Gasteiger partial charge is 0.323 e. The second-order valence-electron chi connectivity index (χ2n) is 4.66. The van der Waals surface area contributed by atoms with Crippen molar-refractivity contribution in [1.82, 2.24) is 14.7 Å². The van der Waals surface area contributed by atoms with Crippen LogP contribution in [0.25, 0.3) is 5.69 Å². The molecule has 112 valence electrons. The lowest BCUT2D eigenvalue weighted by Crippen LogP contribution is -2.34. The number of hydrogen-bond acceptors (Lipinski definition) is 2. The molecule has 0 saturated carbocycles. The van der Waals surface area contributed by atoms with Crippen LogP contribution in [0.4, 0.5) is 15.0 Å². The number of nitrogens with one attached hydrogen (secondary N) is 1. The molecule has 2 aromatic rings. The molecule has 0 bridgehead atoms. The van der Waals surface area contributed by atoms with Crippen LogP contribution in [-0.2, 0) is 0 Å². The minimum absolute atomic E-state index is 0.177. The van der Waals surface area contributed by atoms with Crippen LogP contribution in [-0.4, -0.2) is 33.8 Å². The van der Waals surface area contributed by atoms with Crippen molar-refractivity contribution in [2.75, 3.05) is 18.4 Å². The molecule has 0 unspecified atom stereocenters. The van der Waals surface area contributed by atoms with Crippen LogP contribution < -0.4 is 5.32 Å². The molecular weight excluding hydrogens is 271 g/mol. The highest BCUT2D eigenvalue weighted by atomic mass is 19.1. The first-order valence-corrected chi connectivity index (χ1v) is 6.93. The van der Waals surface area contributed by atoms with Crippen molar-refractivity contribution in [1.29, 1.82) is 0 Å². The Kier molecular flexibility index (Phi) is 4.57. The van der Waals surface area contributed by atoms with Crippen LogP contribution in [0, 0.1) is 12.7 Å². The van der Waals surface area contributed by atoms with E-state index in [-0.39, 0.29) is 11.8 Å². The Hall–Kier alpha value is -2.37. The number of amides is 2. The van der Waals surface area contributed by atoms with Gasteiger partial charge in [-0.25, -0.2) is 13.9 Å². The lowest BCUT2D eigenvalue weighted by atomic mass is 10.3. The minimum Gasteiger partial charge on any atom is -0.325 e. The molecule has 2 rings (SSSR count). The van der Waals surface area contributed by atoms with Crippen molar-refractivity contribution in [2.45, 2.75) is 20.8 Å². The van der Waals surface area contributed by atoms with Gasteiger partial charge in [0, 0.05) is 24.8 Å². The fourth-order valence-electron chi connectivity index (χ4n) is 2.08. The molecule has 1 aromatic carbocycles. The molecule has 2 amide bonds. The van der Waals surface area contributed by atoms with Crippen molar-refractivity contribution in [3.05, 3.63) is 41.8 Å². The number of benzene rings is 1. The average molecular weight is 290 g/mol. The Morgan fingerprint density at radius 2 is 1.90 bits per heavy atom. The summed E-state index contributed by atoms with van der Waals surface area (Å²) in [5.74, 6) is 0.187. The first-order chi connectivity index (χ1) is 10.0. The predicted molar refractivity (Wildman–Crippen MR) is 80.2 cm³/mol. The first kappa shape index (κ1) is 15.0. The van der Waals surface area contributed by atoms with Gasteiger partial charge in [-0.15, -0.1) is 5.10 Å². The average Bonchev–Trinajstić information content (AvgIpc) is 2.81. The molecule has 0 aliphatic carbocycles. The molecule has 0 saturated heterocycles. The molecule has 0 atom stereocenters. The summed E-state index contributed by atoms with van der Waals surface area (Å²) in [6, 6.07) is 7.65. The first-order valence-electron chi connectivity index (χ1n) is 6.93. The van der Waals surface area contributed by atoms with Gasteiger partial charge in [0.25, 0.3) is 0 Å². The highest BCUT2D eigenvalue weighted by molar-refractivity contribution is 5.88. The standard InChI is InChI=1S/C15H19FN4O/c1-4-19(5-2)15(21)17-14-10-11(3)20(18-14)13-8-6-12(16)7-9-13/h6-10H,4-5H2,1-3H3,(H,17,18,21). The Balaban J connectivity index is 2.19. The topological polar surface area (TPSA) is 50.2 Å². The van der Waals surface area contributed by atoms with E-state index in [4.69, 9.17) is 0 Å². The van der Waals surface area contributed by atoms with Crippen molar-refractivity contribution in [2.24, 2.45) is 0 Å². The van der Waals surface area contributed by atoms with Gasteiger partial charge in [0.1, 0.15) is 5.82 Å². The molecule has 1 heterocycles. The van der Waals surface area contributed by atoms with Crippen LogP contribution in [0.5, 0.6) is 0 Å². The summed E-state index contributed by atoms with van der Waals surface area (Å²) in [5, 5.41) is 7.10. The van der Waals surface area contributed by atoms with E-state index in [9.17, 15) is 9.18 Å². The number of carbonyl (C=O) groups is 1. The van der Waals surface area contributed by atoms with Gasteiger partial charge in [0.05, 0.1) is 5.69 Å². The maximum absolute atomic E-state index is 13.0. The molecule has 1 N–H and O–H groups in total. The Morgan fingerprint density at radius 3 is 2.48 bits per heavy atom. The van der Waals surface area contributed by atoms with Gasteiger partial charge < -0.3 is 4.90 Å². The summed E-state index contributed by atoms with van der Waals surface area (Å²) in [7, 11) is 0. The van der Waals surface area contributed by atoms with E-state index in [0.717, 1.165) is 11.4 Å². The summed E-state index contributed by atoms with van der Waals surface area (Å²) in [4.78, 5) is 13.7. The number of nitrogens with zero attached hydrogens (tertiary/aromatic N) is 3. The number of halogens is 1. The summed E-state index contributed by atoms with van der Waals surface area (Å²) < 4.78 is 14.6. The quantitative estimate of drug-likeness (QED) is 0.940. The van der Waals surface area contributed by atoms with Gasteiger partial charge >= 0.3 is 6.03 Å². The van der Waals surface area contributed by atoms with E-state index >= 15 is 0 Å². The van der Waals surface area contributed by atoms with Crippen molar-refractivity contribution in [3.63, 3.8) is 0 Å². The van der Waals surface area contributed by atoms with Crippen molar-refractivity contribution < 1.29 is 9.18 Å². The maximum atomic E-state index is 13.0. The van der Waals surface area contributed by atoms with Crippen LogP contribution >= 0.6 is 0 Å². The third-order valence-corrected chi connectivity index (χ3v) is 3.24. The minimum atomic E-state index is -0.293. The predicted octanol–water partition coefficient (Wildman–Crippen LogP) is 3.19. The van der Waals surface area contributed by atoms with Gasteiger partial charge in [-0.2, -0.15) is 0 Å². The monoisotopic (exact) mass is 290 g/mol. The largest absolute Gasteiger partial charge is 0.325 e. The summed E-state index contributed by atoms with van der Waals surface area (Å²) in [5.41, 5.74) is 1.61. The third-order valence-electron chi connectivity index (χ3n) is 3.24. The summed E-state index contributed by atoms with van der Waals surface area (Å²) in [6.07, 6.45) is 0. The zero-order valence-corrected chi connectivity index (χ0v) is 12.4. The summed E-state index contributed by atoms with van der Waals surface area (Å²) in [6.45, 7) is 7.00. The zero-order valence-electron chi connectivity index (χ0n) is 12.4. The van der Waals surface area contributed by atoms with Gasteiger partial charge in [-0.3, -0.25) is 5.32 Å². The number of anilines is 1. The molecule has 21 heavy (non-hydrogen) atoms. The van der Waals surface area contributed by atoms with E-state index in [2.05, 4.69) is 10.4 Å². The molecular formula is C15H19FN4O. The lowest BCUT2D eigenvalue weighted by molar-refractivity contribution is 0.217. The van der Waals surface area contributed by atoms with Gasteiger partial charge in [-0.05, 0) is 45.0 Å². The second kappa shape index (κ2) is 6.39. The van der Waals surface area contributed by atoms with Gasteiger partial charge in [0.15, 0.2) is 5.82 Å². The van der Waals surface area contributed by atoms with Gasteiger partial charge in [0.2, 0.25) is 0 Å². The van der Waals surface area contributed by atoms with E-state index < -0.39 is 0 Å². The van der Waals surface area contributed by atoms with E-state index in [0.29, 0.717) is 18.9 Å². The highest BCUT2D eigenvalue weighted by Crippen LogP contribution is 2.15. The van der Waals surface area contributed by atoms with Gasteiger partial charge in [-0.1, -0.05) is 0 Å². The second-order valence-corrected chi connectivity index (χ2v) is 4.66. The van der Waals surface area contributed by atoms with Crippen molar-refractivity contribution in [3.8, 4) is 5.69 Å². The number of aryl methyl sites for hydroxylation is 1. The Bertz CT molecular complexity index is 617. The SMILES string of the molecule is CCN(CC)C(=O)Nc1cc(C)n(-c2ccc(F)cc2)n1. The fourth-order valence-corrected chi connectivity index (χ4v) is 2.08. The maximum Gasteiger partial charge on any atom is 0.323 e. The molecule has 0 fully saturated rings. The van der Waals surface area contributed by atoms with Crippen LogP contribution in [0.1, 0.15) is 19.5 Å². The van der Waals surface area contributed by atoms with E-state index in [1.807, 2.05) is 20.8 Å². The number of rotatable bonds is 4. The van der Waals surface area contributed by atoms with Crippen LogP contribution in [0.15, 0.2) is 30.3 Å². The molecule has 6 heteroatoms. The van der Waals surface area contributed by atoms with Crippen LogP contribution in [0.2, 0.25) is 0 Å². The molecule has 0 spiro atoms. The van der Waals surface area contributed by atoms with E-state index in [1.165, 1.54) is 12.1 Å².